The second-order valence-electron chi connectivity index (χ2n) is 15.4. The molecule has 0 aliphatic heterocycles. The summed E-state index contributed by atoms with van der Waals surface area (Å²) in [5.41, 5.74) is 25.3. The lowest BCUT2D eigenvalue weighted by molar-refractivity contribution is 0.571. The van der Waals surface area contributed by atoms with E-state index in [9.17, 15) is 0 Å². The van der Waals surface area contributed by atoms with Gasteiger partial charge >= 0.3 is 0 Å². The van der Waals surface area contributed by atoms with E-state index in [1.165, 1.54) is 117 Å². The topological polar surface area (TPSA) is 0 Å². The number of fused-ring (bicyclic) bond motifs is 7. The van der Waals surface area contributed by atoms with Crippen LogP contribution in [0.1, 0.15) is 71.9 Å². The zero-order valence-electron chi connectivity index (χ0n) is 29.7. The average molecular weight is 732 g/mol. The van der Waals surface area contributed by atoms with Gasteiger partial charge in [0, 0.05) is 10.4 Å². The van der Waals surface area contributed by atoms with Crippen molar-refractivity contribution in [3.05, 3.63) is 165 Å². The lowest BCUT2D eigenvalue weighted by Gasteiger charge is -2.30. The molecule has 0 nitrogen and oxygen atoms in total. The molecule has 0 heterocycles. The zero-order chi connectivity index (χ0) is 34.7. The molecule has 0 saturated heterocycles. The molecule has 2 unspecified atom stereocenters. The Morgan fingerprint density at radius 3 is 2.27 bits per heavy atom. The fourth-order valence-electron chi connectivity index (χ4n) is 10.4. The van der Waals surface area contributed by atoms with Gasteiger partial charge in [-0.1, -0.05) is 150 Å². The van der Waals surface area contributed by atoms with Gasteiger partial charge < -0.3 is 0 Å². The Morgan fingerprint density at radius 2 is 1.42 bits per heavy atom. The maximum Gasteiger partial charge on any atom is 0.0254 e. The number of hydrogen-bond acceptors (Lipinski definition) is 0. The van der Waals surface area contributed by atoms with Gasteiger partial charge in [-0.3, -0.25) is 0 Å². The SMILES string of the molecule is CCc1ccc(-c2c3c(c(-c4ccc(C)cc4)c4c2-c2ccc(C5=CCCC6CC=CC=C56)c5c2C4CC=C5)-c2ccc(Br)c4cccc-3c24)cc1. The standard InChI is InChI=1S/C51H39Br/c1-3-30-19-23-33(24-20-30)45-49-40-16-8-14-38-43(52)28-27-42(47(38)40)51(49)44(32-21-17-29(2)18-22-32)48-39-15-7-13-37-36(25-26-41(46(37)39)50(45)48)35-12-6-10-31-9-4-5-11-34(31)35/h4-5,7-8,11-14,16-28,31,39H,3,6,9-10,15H2,1-2H3. The van der Waals surface area contributed by atoms with Crippen LogP contribution in [0.15, 0.2) is 131 Å². The number of halogens is 1. The summed E-state index contributed by atoms with van der Waals surface area (Å²) in [5, 5.41) is 2.65. The summed E-state index contributed by atoms with van der Waals surface area (Å²) >= 11 is 3.94. The normalized spacial score (nSPS) is 18.5. The third kappa shape index (κ3) is 4.21. The highest BCUT2D eigenvalue weighted by atomic mass is 79.9. The molecule has 2 atom stereocenters. The van der Waals surface area contributed by atoms with Gasteiger partial charge in [0.25, 0.3) is 0 Å². The molecule has 6 aromatic carbocycles. The molecule has 5 aliphatic rings. The van der Waals surface area contributed by atoms with Gasteiger partial charge in [0.05, 0.1) is 0 Å². The number of hydrogen-bond donors (Lipinski definition) is 0. The van der Waals surface area contributed by atoms with Gasteiger partial charge in [0.1, 0.15) is 0 Å². The van der Waals surface area contributed by atoms with Gasteiger partial charge in [-0.15, -0.1) is 0 Å². The third-order valence-electron chi connectivity index (χ3n) is 12.7. The van der Waals surface area contributed by atoms with E-state index in [1.807, 2.05) is 0 Å². The minimum Gasteiger partial charge on any atom is -0.0839 e. The fraction of sp³-hybridized carbons (Fsp3) is 0.176. The van der Waals surface area contributed by atoms with Gasteiger partial charge in [-0.05, 0) is 156 Å². The fourth-order valence-corrected chi connectivity index (χ4v) is 10.8. The molecular formula is C51H39Br. The van der Waals surface area contributed by atoms with Crippen molar-refractivity contribution in [2.75, 3.05) is 0 Å². The third-order valence-corrected chi connectivity index (χ3v) is 13.4. The molecule has 5 aliphatic carbocycles. The summed E-state index contributed by atoms with van der Waals surface area (Å²) in [6.07, 6.45) is 20.1. The predicted molar refractivity (Wildman–Crippen MR) is 225 cm³/mol. The minimum atomic E-state index is 0.287. The Kier molecular flexibility index (Phi) is 6.78. The minimum absolute atomic E-state index is 0.287. The zero-order valence-corrected chi connectivity index (χ0v) is 31.3. The molecular weight excluding hydrogens is 692 g/mol. The molecule has 250 valence electrons. The maximum absolute atomic E-state index is 3.94. The van der Waals surface area contributed by atoms with E-state index < -0.39 is 0 Å². The molecule has 0 radical (unpaired) electrons. The molecule has 0 fully saturated rings. The first-order chi connectivity index (χ1) is 25.6. The number of aryl methyl sites for hydroxylation is 2. The Balaban J connectivity index is 1.28. The summed E-state index contributed by atoms with van der Waals surface area (Å²) in [4.78, 5) is 0. The van der Waals surface area contributed by atoms with E-state index in [-0.39, 0.29) is 5.92 Å². The van der Waals surface area contributed by atoms with Crippen LogP contribution in [0.5, 0.6) is 0 Å². The van der Waals surface area contributed by atoms with Crippen molar-refractivity contribution in [1.29, 1.82) is 0 Å². The van der Waals surface area contributed by atoms with Crippen molar-refractivity contribution in [1.82, 2.24) is 0 Å². The summed E-state index contributed by atoms with van der Waals surface area (Å²) < 4.78 is 1.15. The van der Waals surface area contributed by atoms with Crippen molar-refractivity contribution in [2.45, 2.75) is 51.9 Å². The highest BCUT2D eigenvalue weighted by Gasteiger charge is 2.42. The molecule has 6 aromatic rings. The van der Waals surface area contributed by atoms with Crippen molar-refractivity contribution in [3.8, 4) is 55.6 Å². The van der Waals surface area contributed by atoms with Crippen LogP contribution in [0.25, 0.3) is 78.1 Å². The molecule has 11 rings (SSSR count). The van der Waals surface area contributed by atoms with Crippen LogP contribution in [-0.4, -0.2) is 0 Å². The lowest BCUT2D eigenvalue weighted by atomic mass is 9.74. The second-order valence-corrected chi connectivity index (χ2v) is 16.2. The first kappa shape index (κ1) is 30.6. The molecule has 0 N–H and O–H groups in total. The number of rotatable bonds is 4. The van der Waals surface area contributed by atoms with Crippen LogP contribution in [0, 0.1) is 12.8 Å². The van der Waals surface area contributed by atoms with E-state index in [0.29, 0.717) is 5.92 Å². The summed E-state index contributed by atoms with van der Waals surface area (Å²) in [7, 11) is 0. The maximum atomic E-state index is 3.94. The Bertz CT molecular complexity index is 2660. The molecule has 0 spiro atoms. The van der Waals surface area contributed by atoms with Gasteiger partial charge in [0.2, 0.25) is 0 Å². The quantitative estimate of drug-likeness (QED) is 0.169. The summed E-state index contributed by atoms with van der Waals surface area (Å²) in [6, 6.07) is 35.4. The molecule has 0 amide bonds. The van der Waals surface area contributed by atoms with Crippen molar-refractivity contribution in [3.63, 3.8) is 0 Å². The molecule has 0 saturated carbocycles. The van der Waals surface area contributed by atoms with Crippen LogP contribution in [-0.2, 0) is 6.42 Å². The average Bonchev–Trinajstić information content (AvgIpc) is 3.70. The number of allylic oxidation sites excluding steroid dienone is 7. The Labute approximate surface area is 315 Å². The molecule has 0 bridgehead atoms. The molecule has 1 heteroatoms. The van der Waals surface area contributed by atoms with Crippen molar-refractivity contribution in [2.24, 2.45) is 5.92 Å². The summed E-state index contributed by atoms with van der Waals surface area (Å²) in [6.45, 7) is 4.45. The first-order valence-electron chi connectivity index (χ1n) is 19.1. The highest BCUT2D eigenvalue weighted by Crippen LogP contribution is 2.65. The van der Waals surface area contributed by atoms with Crippen LogP contribution in [0.3, 0.4) is 0 Å². The van der Waals surface area contributed by atoms with E-state index >= 15 is 0 Å². The molecule has 52 heavy (non-hydrogen) atoms. The van der Waals surface area contributed by atoms with Crippen molar-refractivity contribution < 1.29 is 0 Å². The second kappa shape index (κ2) is 11.5. The van der Waals surface area contributed by atoms with E-state index in [2.05, 4.69) is 157 Å². The smallest absolute Gasteiger partial charge is 0.0254 e. The molecule has 0 aromatic heterocycles. The van der Waals surface area contributed by atoms with Gasteiger partial charge in [-0.25, -0.2) is 0 Å². The Morgan fingerprint density at radius 1 is 0.673 bits per heavy atom. The predicted octanol–water partition coefficient (Wildman–Crippen LogP) is 14.7. The lowest BCUT2D eigenvalue weighted by Crippen LogP contribution is -2.13. The van der Waals surface area contributed by atoms with E-state index in [1.54, 1.807) is 0 Å². The Hall–Kier alpha value is -4.98. The highest BCUT2D eigenvalue weighted by molar-refractivity contribution is 9.10. The van der Waals surface area contributed by atoms with Gasteiger partial charge in [-0.2, -0.15) is 0 Å². The van der Waals surface area contributed by atoms with Crippen LogP contribution >= 0.6 is 15.9 Å². The van der Waals surface area contributed by atoms with Crippen LogP contribution in [0.2, 0.25) is 0 Å². The van der Waals surface area contributed by atoms with Gasteiger partial charge in [0.15, 0.2) is 0 Å². The van der Waals surface area contributed by atoms with Crippen LogP contribution in [0.4, 0.5) is 0 Å². The van der Waals surface area contributed by atoms with E-state index in [4.69, 9.17) is 0 Å². The largest absolute Gasteiger partial charge is 0.0839 e. The van der Waals surface area contributed by atoms with E-state index in [0.717, 1.165) is 30.2 Å². The van der Waals surface area contributed by atoms with Crippen molar-refractivity contribution >= 4 is 38.4 Å². The monoisotopic (exact) mass is 730 g/mol. The summed E-state index contributed by atoms with van der Waals surface area (Å²) in [5.74, 6) is 0.915. The first-order valence-corrected chi connectivity index (χ1v) is 19.9. The van der Waals surface area contributed by atoms with Crippen LogP contribution < -0.4 is 0 Å². The number of benzene rings is 6.